The Hall–Kier alpha value is -2.35. The summed E-state index contributed by atoms with van der Waals surface area (Å²) in [5.41, 5.74) is 0.426. The molecule has 1 heterocycles. The summed E-state index contributed by atoms with van der Waals surface area (Å²) in [6.07, 6.45) is 1.92. The lowest BCUT2D eigenvalue weighted by molar-refractivity contribution is -0.117. The number of fused-ring (bicyclic) bond motifs is 1. The molecule has 1 fully saturated rings. The molecule has 1 saturated carbocycles. The lowest BCUT2D eigenvalue weighted by atomic mass is 10.2. The Balaban J connectivity index is 1.66. The molecule has 23 heavy (non-hydrogen) atoms. The first-order valence-electron chi connectivity index (χ1n) is 7.23. The van der Waals surface area contributed by atoms with Gasteiger partial charge >= 0.3 is 6.03 Å². The maximum absolute atomic E-state index is 12.2. The number of hydrogen-bond donors (Lipinski definition) is 2. The quantitative estimate of drug-likeness (QED) is 0.644. The summed E-state index contributed by atoms with van der Waals surface area (Å²) < 4.78 is 1.41. The molecule has 2 aromatic rings. The van der Waals surface area contributed by atoms with Crippen LogP contribution in [0.5, 0.6) is 0 Å². The van der Waals surface area contributed by atoms with Gasteiger partial charge in [-0.1, -0.05) is 23.9 Å². The summed E-state index contributed by atoms with van der Waals surface area (Å²) in [5.74, 6) is -0.410. The Morgan fingerprint density at radius 2 is 2.09 bits per heavy atom. The average molecular weight is 332 g/mol. The van der Waals surface area contributed by atoms with Gasteiger partial charge in [0.15, 0.2) is 5.16 Å². The maximum Gasteiger partial charge on any atom is 0.321 e. The first-order valence-corrected chi connectivity index (χ1v) is 8.22. The fraction of sp³-hybridized carbons (Fsp3) is 0.333. The van der Waals surface area contributed by atoms with Crippen molar-refractivity contribution in [3.63, 3.8) is 0 Å². The summed E-state index contributed by atoms with van der Waals surface area (Å²) in [7, 11) is 1.61. The molecule has 0 radical (unpaired) electrons. The van der Waals surface area contributed by atoms with Crippen LogP contribution in [0.2, 0.25) is 0 Å². The molecule has 1 aromatic carbocycles. The number of benzene rings is 1. The van der Waals surface area contributed by atoms with E-state index in [1.165, 1.54) is 4.57 Å². The average Bonchev–Trinajstić information content (AvgIpc) is 3.33. The largest absolute Gasteiger partial charge is 0.335 e. The number of thioether (sulfide) groups is 1. The first kappa shape index (κ1) is 15.5. The van der Waals surface area contributed by atoms with Gasteiger partial charge in [0.2, 0.25) is 5.91 Å². The van der Waals surface area contributed by atoms with Crippen LogP contribution in [0.25, 0.3) is 10.9 Å². The molecule has 2 N–H and O–H groups in total. The predicted molar refractivity (Wildman–Crippen MR) is 87.4 cm³/mol. The van der Waals surface area contributed by atoms with Crippen LogP contribution in [0.4, 0.5) is 4.79 Å². The Labute approximate surface area is 136 Å². The van der Waals surface area contributed by atoms with E-state index in [1.807, 2.05) is 0 Å². The second kappa shape index (κ2) is 6.41. The number of nitrogens with zero attached hydrogens (tertiary/aromatic N) is 2. The molecule has 0 saturated heterocycles. The summed E-state index contributed by atoms with van der Waals surface area (Å²) in [4.78, 5) is 39.9. The van der Waals surface area contributed by atoms with Gasteiger partial charge in [-0.15, -0.1) is 0 Å². The van der Waals surface area contributed by atoms with Gasteiger partial charge in [-0.25, -0.2) is 9.78 Å². The molecule has 3 amide bonds. The van der Waals surface area contributed by atoms with Crippen LogP contribution in [0, 0.1) is 0 Å². The van der Waals surface area contributed by atoms with Crippen molar-refractivity contribution in [2.24, 2.45) is 7.05 Å². The third-order valence-corrected chi connectivity index (χ3v) is 4.47. The normalized spacial score (nSPS) is 13.8. The molecule has 7 nitrogen and oxygen atoms in total. The van der Waals surface area contributed by atoms with Crippen LogP contribution in [0.1, 0.15) is 12.8 Å². The van der Waals surface area contributed by atoms with Crippen molar-refractivity contribution in [1.29, 1.82) is 0 Å². The number of amides is 3. The van der Waals surface area contributed by atoms with Crippen LogP contribution in [0.15, 0.2) is 34.2 Å². The van der Waals surface area contributed by atoms with Gasteiger partial charge in [0.05, 0.1) is 16.7 Å². The lowest BCUT2D eigenvalue weighted by Crippen LogP contribution is -2.41. The van der Waals surface area contributed by atoms with E-state index in [0.717, 1.165) is 24.6 Å². The Bertz CT molecular complexity index is 829. The van der Waals surface area contributed by atoms with Crippen LogP contribution in [-0.2, 0) is 11.8 Å². The van der Waals surface area contributed by atoms with Crippen molar-refractivity contribution in [2.45, 2.75) is 24.0 Å². The topological polar surface area (TPSA) is 93.1 Å². The molecule has 0 spiro atoms. The maximum atomic E-state index is 12.2. The van der Waals surface area contributed by atoms with Crippen LogP contribution >= 0.6 is 11.8 Å². The second-order valence-corrected chi connectivity index (χ2v) is 6.30. The molecule has 0 atom stereocenters. The summed E-state index contributed by atoms with van der Waals surface area (Å²) in [6.45, 7) is 0. The molecule has 1 aliphatic rings. The molecule has 0 aliphatic heterocycles. The van der Waals surface area contributed by atoms with E-state index in [2.05, 4.69) is 15.6 Å². The number of carbonyl (C=O) groups excluding carboxylic acids is 2. The van der Waals surface area contributed by atoms with Gasteiger partial charge in [-0.3, -0.25) is 19.5 Å². The van der Waals surface area contributed by atoms with E-state index < -0.39 is 11.9 Å². The van der Waals surface area contributed by atoms with Crippen LogP contribution < -0.4 is 16.2 Å². The fourth-order valence-corrected chi connectivity index (χ4v) is 2.84. The van der Waals surface area contributed by atoms with Crippen LogP contribution in [-0.4, -0.2) is 33.3 Å². The molecular weight excluding hydrogens is 316 g/mol. The van der Waals surface area contributed by atoms with Crippen molar-refractivity contribution < 1.29 is 9.59 Å². The van der Waals surface area contributed by atoms with Gasteiger partial charge in [-0.2, -0.15) is 0 Å². The number of urea groups is 1. The summed E-state index contributed by atoms with van der Waals surface area (Å²) in [6, 6.07) is 6.78. The third-order valence-electron chi connectivity index (χ3n) is 3.44. The fourth-order valence-electron chi connectivity index (χ4n) is 2.07. The highest BCUT2D eigenvalue weighted by Crippen LogP contribution is 2.18. The minimum atomic E-state index is -0.474. The number of rotatable bonds is 4. The van der Waals surface area contributed by atoms with Gasteiger partial charge in [-0.05, 0) is 25.0 Å². The highest BCUT2D eigenvalue weighted by atomic mass is 32.2. The van der Waals surface area contributed by atoms with E-state index in [9.17, 15) is 14.4 Å². The zero-order valence-corrected chi connectivity index (χ0v) is 13.4. The summed E-state index contributed by atoms with van der Waals surface area (Å²) >= 11 is 1.12. The molecule has 120 valence electrons. The Morgan fingerprint density at radius 1 is 1.35 bits per heavy atom. The van der Waals surface area contributed by atoms with Crippen LogP contribution in [0.3, 0.4) is 0 Å². The molecule has 1 aliphatic carbocycles. The number of aromatic nitrogens is 2. The minimum absolute atomic E-state index is 0.0106. The van der Waals surface area contributed by atoms with Gasteiger partial charge < -0.3 is 5.32 Å². The first-order chi connectivity index (χ1) is 11.0. The number of carbonyl (C=O) groups is 2. The number of nitrogens with one attached hydrogen (secondary N) is 2. The second-order valence-electron chi connectivity index (χ2n) is 5.36. The lowest BCUT2D eigenvalue weighted by Gasteiger charge is -2.09. The van der Waals surface area contributed by atoms with Crippen molar-refractivity contribution in [3.05, 3.63) is 34.6 Å². The number of para-hydroxylation sites is 1. The number of hydrogen-bond acceptors (Lipinski definition) is 5. The predicted octanol–water partition coefficient (Wildman–Crippen LogP) is 1.01. The monoisotopic (exact) mass is 332 g/mol. The van der Waals surface area contributed by atoms with E-state index in [-0.39, 0.29) is 17.4 Å². The van der Waals surface area contributed by atoms with Crippen molar-refractivity contribution >= 4 is 34.6 Å². The van der Waals surface area contributed by atoms with E-state index in [4.69, 9.17) is 0 Å². The van der Waals surface area contributed by atoms with Gasteiger partial charge in [0, 0.05) is 13.1 Å². The molecule has 1 aromatic heterocycles. The Morgan fingerprint density at radius 3 is 2.83 bits per heavy atom. The van der Waals surface area contributed by atoms with Crippen molar-refractivity contribution in [3.8, 4) is 0 Å². The smallest absolute Gasteiger partial charge is 0.321 e. The standard InChI is InChI=1S/C15H16N4O3S/c1-19-13(21)10-4-2-3-5-11(10)17-15(19)23-8-12(20)18-14(22)16-9-6-7-9/h2-5,9H,6-8H2,1H3,(H2,16,18,20,22). The molecule has 3 rings (SSSR count). The molecule has 0 bridgehead atoms. The number of imide groups is 1. The van der Waals surface area contributed by atoms with Gasteiger partial charge in [0.25, 0.3) is 5.56 Å². The zero-order valence-electron chi connectivity index (χ0n) is 12.5. The summed E-state index contributed by atoms with van der Waals surface area (Å²) in [5, 5.41) is 5.92. The molecule has 0 unspecified atom stereocenters. The van der Waals surface area contributed by atoms with E-state index >= 15 is 0 Å². The zero-order chi connectivity index (χ0) is 16.4. The highest BCUT2D eigenvalue weighted by molar-refractivity contribution is 7.99. The third kappa shape index (κ3) is 3.70. The highest BCUT2D eigenvalue weighted by Gasteiger charge is 2.24. The molecular formula is C15H16N4O3S. The molecule has 8 heteroatoms. The van der Waals surface area contributed by atoms with E-state index in [0.29, 0.717) is 16.1 Å². The van der Waals surface area contributed by atoms with Crippen molar-refractivity contribution in [2.75, 3.05) is 5.75 Å². The van der Waals surface area contributed by atoms with Crippen molar-refractivity contribution in [1.82, 2.24) is 20.2 Å². The van der Waals surface area contributed by atoms with E-state index in [1.54, 1.807) is 31.3 Å². The minimum Gasteiger partial charge on any atom is -0.335 e. The Kier molecular flexibility index (Phi) is 4.33. The van der Waals surface area contributed by atoms with Gasteiger partial charge in [0.1, 0.15) is 0 Å². The SMILES string of the molecule is Cn1c(SCC(=O)NC(=O)NC2CC2)nc2ccccc2c1=O.